The molecule has 3 aliphatic rings. The third-order valence-electron chi connectivity index (χ3n) is 7.16. The Morgan fingerprint density at radius 2 is 2.06 bits per heavy atom. The number of methoxy groups -OCH3 is 1. The number of benzene rings is 2. The van der Waals surface area contributed by atoms with E-state index in [9.17, 15) is 9.59 Å². The molecule has 2 amide bonds. The molecule has 1 spiro atoms. The number of para-hydroxylation sites is 1. The van der Waals surface area contributed by atoms with Crippen molar-refractivity contribution >= 4 is 28.4 Å². The number of ether oxygens (including phenoxy) is 2. The molecule has 4 atom stereocenters. The topological polar surface area (TPSA) is 83.7 Å². The Bertz CT molecular complexity index is 1260. The second-order valence-electron chi connectivity index (χ2n) is 8.92. The lowest BCUT2D eigenvalue weighted by Crippen LogP contribution is -2.44. The number of nitrogens with one attached hydrogen (secondary N) is 2. The van der Waals surface area contributed by atoms with Crippen LogP contribution in [-0.2, 0) is 20.7 Å². The molecule has 0 aliphatic carbocycles. The predicted octanol–water partition coefficient (Wildman–Crippen LogP) is 2.82. The van der Waals surface area contributed by atoms with Crippen molar-refractivity contribution in [3.05, 3.63) is 72.4 Å². The zero-order valence-corrected chi connectivity index (χ0v) is 18.3. The number of carbonyl (C=O) groups excluding carboxylic acids is 2. The van der Waals surface area contributed by atoms with Gasteiger partial charge in [-0.2, -0.15) is 0 Å². The minimum Gasteiger partial charge on any atom is -0.497 e. The summed E-state index contributed by atoms with van der Waals surface area (Å²) in [6, 6.07) is 15.5. The Kier molecular flexibility index (Phi) is 4.55. The highest BCUT2D eigenvalue weighted by atomic mass is 16.5. The molecule has 7 nitrogen and oxygen atoms in total. The molecule has 0 radical (unpaired) electrons. The van der Waals surface area contributed by atoms with Crippen LogP contribution >= 0.6 is 0 Å². The number of fused-ring (bicyclic) bond motifs is 2. The van der Waals surface area contributed by atoms with Gasteiger partial charge in [0.2, 0.25) is 11.8 Å². The normalized spacial score (nSPS) is 27.4. The Hall–Kier alpha value is -3.58. The van der Waals surface area contributed by atoms with Crippen molar-refractivity contribution in [2.45, 2.75) is 18.1 Å². The zero-order valence-electron chi connectivity index (χ0n) is 18.3. The number of H-pyrrole nitrogens is 1. The summed E-state index contributed by atoms with van der Waals surface area (Å²) in [5.41, 5.74) is 2.29. The molecule has 168 valence electrons. The standard InChI is InChI=1S/C26H25N3O4/c1-32-18-8-6-17(7-9-18)29-15-26-12-10-21(33-26)22(23(26)25(29)31)24(30)27-13-11-16-14-28-20-5-3-2-4-19(16)20/h2-10,12,14,21-23,28H,11,13,15H2,1H3,(H,27,30)/t21-,22-,23-,26-/m1/s1. The molecule has 2 fully saturated rings. The summed E-state index contributed by atoms with van der Waals surface area (Å²) in [5, 5.41) is 4.22. The lowest BCUT2D eigenvalue weighted by Gasteiger charge is -2.23. The highest BCUT2D eigenvalue weighted by Gasteiger charge is 2.67. The van der Waals surface area contributed by atoms with Crippen molar-refractivity contribution in [3.63, 3.8) is 0 Å². The zero-order chi connectivity index (χ0) is 22.6. The molecular formula is C26H25N3O4. The van der Waals surface area contributed by atoms with Gasteiger partial charge in [0, 0.05) is 29.3 Å². The molecule has 7 heteroatoms. The van der Waals surface area contributed by atoms with E-state index in [1.807, 2.05) is 60.8 Å². The van der Waals surface area contributed by atoms with Gasteiger partial charge in [-0.1, -0.05) is 30.4 Å². The van der Waals surface area contributed by atoms with Gasteiger partial charge in [0.05, 0.1) is 31.6 Å². The molecule has 3 aromatic rings. The average molecular weight is 444 g/mol. The first-order valence-electron chi connectivity index (χ1n) is 11.2. The second kappa shape index (κ2) is 7.49. The second-order valence-corrected chi connectivity index (χ2v) is 8.92. The van der Waals surface area contributed by atoms with Crippen LogP contribution in [0, 0.1) is 11.8 Å². The number of carbonyl (C=O) groups is 2. The third-order valence-corrected chi connectivity index (χ3v) is 7.16. The van der Waals surface area contributed by atoms with Crippen LogP contribution < -0.4 is 15.0 Å². The van der Waals surface area contributed by atoms with E-state index < -0.39 is 17.4 Å². The molecule has 1 aromatic heterocycles. The van der Waals surface area contributed by atoms with Gasteiger partial charge in [-0.3, -0.25) is 9.59 Å². The van der Waals surface area contributed by atoms with Crippen molar-refractivity contribution in [3.8, 4) is 5.75 Å². The Morgan fingerprint density at radius 3 is 2.88 bits per heavy atom. The summed E-state index contributed by atoms with van der Waals surface area (Å²) in [7, 11) is 1.61. The van der Waals surface area contributed by atoms with Crippen LogP contribution in [0.5, 0.6) is 5.75 Å². The molecule has 0 unspecified atom stereocenters. The number of hydrogen-bond acceptors (Lipinski definition) is 4. The molecule has 2 aromatic carbocycles. The first kappa shape index (κ1) is 20.1. The minimum atomic E-state index is -0.736. The van der Waals surface area contributed by atoms with Gasteiger partial charge in [0.25, 0.3) is 0 Å². The predicted molar refractivity (Wildman–Crippen MR) is 124 cm³/mol. The number of amides is 2. The largest absolute Gasteiger partial charge is 0.497 e. The number of rotatable bonds is 6. The molecule has 33 heavy (non-hydrogen) atoms. The van der Waals surface area contributed by atoms with Gasteiger partial charge in [-0.15, -0.1) is 0 Å². The molecular weight excluding hydrogens is 418 g/mol. The third kappa shape index (κ3) is 3.07. The lowest BCUT2D eigenvalue weighted by atomic mass is 9.77. The molecule has 3 aliphatic heterocycles. The fourth-order valence-electron chi connectivity index (χ4n) is 5.56. The maximum Gasteiger partial charge on any atom is 0.234 e. The van der Waals surface area contributed by atoms with Crippen LogP contribution in [0.15, 0.2) is 66.9 Å². The SMILES string of the molecule is COc1ccc(N2C[C@@]34C=C[C@@H](O3)[C@@H](C(=O)NCCc3c[nH]c5ccccc35)[C@@H]4C2=O)cc1. The van der Waals surface area contributed by atoms with Crippen molar-refractivity contribution in [1.82, 2.24) is 10.3 Å². The first-order valence-corrected chi connectivity index (χ1v) is 11.2. The van der Waals surface area contributed by atoms with Crippen molar-refractivity contribution in [2.24, 2.45) is 11.8 Å². The number of aromatic nitrogens is 1. The van der Waals surface area contributed by atoms with E-state index in [1.54, 1.807) is 12.0 Å². The first-order chi connectivity index (χ1) is 16.1. The van der Waals surface area contributed by atoms with Crippen molar-refractivity contribution < 1.29 is 19.1 Å². The van der Waals surface area contributed by atoms with E-state index in [1.165, 1.54) is 0 Å². The maximum atomic E-state index is 13.4. The van der Waals surface area contributed by atoms with E-state index in [-0.39, 0.29) is 17.9 Å². The van der Waals surface area contributed by atoms with E-state index >= 15 is 0 Å². The molecule has 2 saturated heterocycles. The molecule has 0 saturated carbocycles. The van der Waals surface area contributed by atoms with Crippen LogP contribution in [0.25, 0.3) is 10.9 Å². The number of anilines is 1. The molecule has 2 N–H and O–H groups in total. The van der Waals surface area contributed by atoms with E-state index in [2.05, 4.69) is 16.4 Å². The summed E-state index contributed by atoms with van der Waals surface area (Å²) >= 11 is 0. The average Bonchev–Trinajstić information content (AvgIpc) is 3.59. The van der Waals surface area contributed by atoms with Crippen LogP contribution in [-0.4, -0.2) is 48.7 Å². The van der Waals surface area contributed by atoms with Gasteiger partial charge >= 0.3 is 0 Å². The summed E-state index contributed by atoms with van der Waals surface area (Å²) < 4.78 is 11.5. The Labute approximate surface area is 191 Å². The van der Waals surface area contributed by atoms with E-state index in [0.29, 0.717) is 19.5 Å². The molecule has 6 rings (SSSR count). The highest BCUT2D eigenvalue weighted by Crippen LogP contribution is 2.52. The fraction of sp³-hybridized carbons (Fsp3) is 0.308. The van der Waals surface area contributed by atoms with Crippen LogP contribution in [0.4, 0.5) is 5.69 Å². The monoisotopic (exact) mass is 443 g/mol. The molecule has 4 heterocycles. The minimum absolute atomic E-state index is 0.0659. The van der Waals surface area contributed by atoms with Gasteiger partial charge in [-0.25, -0.2) is 0 Å². The Balaban J connectivity index is 1.17. The van der Waals surface area contributed by atoms with E-state index in [4.69, 9.17) is 9.47 Å². The van der Waals surface area contributed by atoms with Gasteiger partial charge in [0.1, 0.15) is 11.4 Å². The highest BCUT2D eigenvalue weighted by molar-refractivity contribution is 6.03. The van der Waals surface area contributed by atoms with Crippen molar-refractivity contribution in [2.75, 3.05) is 25.1 Å². The summed E-state index contributed by atoms with van der Waals surface area (Å²) in [5.74, 6) is -0.491. The van der Waals surface area contributed by atoms with Gasteiger partial charge in [0.15, 0.2) is 0 Å². The smallest absolute Gasteiger partial charge is 0.234 e. The summed E-state index contributed by atoms with van der Waals surface area (Å²) in [6.07, 6.45) is 6.25. The van der Waals surface area contributed by atoms with Crippen LogP contribution in [0.3, 0.4) is 0 Å². The van der Waals surface area contributed by atoms with Crippen LogP contribution in [0.2, 0.25) is 0 Å². The van der Waals surface area contributed by atoms with E-state index in [0.717, 1.165) is 27.9 Å². The number of aromatic amines is 1. The summed E-state index contributed by atoms with van der Waals surface area (Å²) in [4.78, 5) is 31.7. The van der Waals surface area contributed by atoms with Crippen molar-refractivity contribution in [1.29, 1.82) is 0 Å². The van der Waals surface area contributed by atoms with Gasteiger partial charge < -0.3 is 24.7 Å². The summed E-state index contributed by atoms with van der Waals surface area (Å²) in [6.45, 7) is 0.915. The Morgan fingerprint density at radius 1 is 1.24 bits per heavy atom. The quantitative estimate of drug-likeness (QED) is 0.574. The molecule has 2 bridgehead atoms. The lowest BCUT2D eigenvalue weighted by molar-refractivity contribution is -0.131. The number of nitrogens with zero attached hydrogens (tertiary/aromatic N) is 1. The van der Waals surface area contributed by atoms with Crippen LogP contribution in [0.1, 0.15) is 5.56 Å². The maximum absolute atomic E-state index is 13.4. The van der Waals surface area contributed by atoms with Gasteiger partial charge in [-0.05, 0) is 42.3 Å². The fourth-order valence-corrected chi connectivity index (χ4v) is 5.56. The number of hydrogen-bond donors (Lipinski definition) is 2.